The molecule has 0 bridgehead atoms. The van der Waals surface area contributed by atoms with E-state index in [1.54, 1.807) is 6.92 Å². The lowest BCUT2D eigenvalue weighted by atomic mass is 9.87. The molecular weight excluding hydrogens is 224 g/mol. The Kier molecular flexibility index (Phi) is 3.34. The maximum atomic E-state index is 11.7. The van der Waals surface area contributed by atoms with Crippen LogP contribution in [0.5, 0.6) is 0 Å². The van der Waals surface area contributed by atoms with Gasteiger partial charge in [0, 0.05) is 12.3 Å². The molecule has 0 aromatic carbocycles. The van der Waals surface area contributed by atoms with Crippen molar-refractivity contribution in [3.05, 3.63) is 12.2 Å². The van der Waals surface area contributed by atoms with E-state index in [0.29, 0.717) is 0 Å². The van der Waals surface area contributed by atoms with Crippen molar-refractivity contribution in [3.63, 3.8) is 0 Å². The molecule has 96 valence electrons. The Morgan fingerprint density at radius 2 is 2.00 bits per heavy atom. The van der Waals surface area contributed by atoms with Gasteiger partial charge in [-0.25, -0.2) is 9.59 Å². The molecule has 5 nitrogen and oxygen atoms in total. The van der Waals surface area contributed by atoms with Crippen LogP contribution >= 0.6 is 0 Å². The molecule has 1 aliphatic heterocycles. The summed E-state index contributed by atoms with van der Waals surface area (Å²) in [6.45, 7) is 10.8. The highest BCUT2D eigenvalue weighted by Gasteiger charge is 2.53. The summed E-state index contributed by atoms with van der Waals surface area (Å²) in [6.07, 6.45) is -1.09. The number of hydrogen-bond donors (Lipinski definition) is 0. The van der Waals surface area contributed by atoms with Gasteiger partial charge in [0.25, 0.3) is 0 Å². The van der Waals surface area contributed by atoms with E-state index >= 15 is 0 Å². The summed E-state index contributed by atoms with van der Waals surface area (Å²) in [5.41, 5.74) is -0.459. The third-order valence-corrected chi connectivity index (χ3v) is 2.98. The van der Waals surface area contributed by atoms with Crippen molar-refractivity contribution < 1.29 is 23.8 Å². The Morgan fingerprint density at radius 3 is 2.35 bits per heavy atom. The van der Waals surface area contributed by atoms with Crippen LogP contribution in [-0.4, -0.2) is 30.9 Å². The molecule has 0 aliphatic carbocycles. The third kappa shape index (κ3) is 2.34. The average molecular weight is 242 g/mol. The summed E-state index contributed by atoms with van der Waals surface area (Å²) in [5, 5.41) is 0. The van der Waals surface area contributed by atoms with Crippen LogP contribution in [0.2, 0.25) is 0 Å². The highest BCUT2D eigenvalue weighted by molar-refractivity contribution is 5.97. The van der Waals surface area contributed by atoms with Crippen LogP contribution in [0.4, 0.5) is 0 Å². The van der Waals surface area contributed by atoms with Crippen molar-refractivity contribution in [3.8, 4) is 0 Å². The fraction of sp³-hybridized carbons (Fsp3) is 0.667. The summed E-state index contributed by atoms with van der Waals surface area (Å²) < 4.78 is 15.3. The van der Waals surface area contributed by atoms with Crippen molar-refractivity contribution in [1.82, 2.24) is 0 Å². The van der Waals surface area contributed by atoms with Crippen molar-refractivity contribution in [2.45, 2.75) is 39.6 Å². The molecule has 0 aromatic rings. The van der Waals surface area contributed by atoms with Crippen molar-refractivity contribution in [2.75, 3.05) is 7.11 Å². The lowest BCUT2D eigenvalue weighted by molar-refractivity contribution is -0.215. The summed E-state index contributed by atoms with van der Waals surface area (Å²) in [4.78, 5) is 23.0. The van der Waals surface area contributed by atoms with E-state index in [9.17, 15) is 9.59 Å². The van der Waals surface area contributed by atoms with Crippen LogP contribution < -0.4 is 0 Å². The zero-order valence-electron chi connectivity index (χ0n) is 10.8. The minimum Gasteiger partial charge on any atom is -0.466 e. The third-order valence-electron chi connectivity index (χ3n) is 2.98. The molecule has 2 atom stereocenters. The first-order valence-electron chi connectivity index (χ1n) is 5.30. The predicted octanol–water partition coefficient (Wildman–Crippen LogP) is 1.42. The van der Waals surface area contributed by atoms with Gasteiger partial charge in [0.2, 0.25) is 5.79 Å². The molecular formula is C12H18O5. The van der Waals surface area contributed by atoms with Crippen LogP contribution in [0.1, 0.15) is 27.7 Å². The summed E-state index contributed by atoms with van der Waals surface area (Å²) in [5.74, 6) is -2.37. The monoisotopic (exact) mass is 242 g/mol. The molecule has 17 heavy (non-hydrogen) atoms. The van der Waals surface area contributed by atoms with E-state index < -0.39 is 29.2 Å². The minimum absolute atomic E-state index is 0.0505. The fourth-order valence-electron chi connectivity index (χ4n) is 1.32. The Bertz CT molecular complexity index is 366. The Labute approximate surface area is 101 Å². The zero-order valence-corrected chi connectivity index (χ0v) is 10.8. The molecule has 1 heterocycles. The molecule has 1 fully saturated rings. The van der Waals surface area contributed by atoms with Crippen LogP contribution in [-0.2, 0) is 23.8 Å². The lowest BCUT2D eigenvalue weighted by Gasteiger charge is -2.35. The number of rotatable bonds is 2. The summed E-state index contributed by atoms with van der Waals surface area (Å²) in [7, 11) is 1.22. The molecule has 0 unspecified atom stereocenters. The first-order chi connectivity index (χ1) is 7.62. The van der Waals surface area contributed by atoms with E-state index in [-0.39, 0.29) is 5.57 Å². The van der Waals surface area contributed by atoms with Crippen LogP contribution in [0, 0.1) is 5.41 Å². The van der Waals surface area contributed by atoms with E-state index in [1.165, 1.54) is 7.11 Å². The van der Waals surface area contributed by atoms with Crippen molar-refractivity contribution in [2.24, 2.45) is 5.41 Å². The van der Waals surface area contributed by atoms with Crippen molar-refractivity contribution in [1.29, 1.82) is 0 Å². The standard InChI is InChI=1S/C12H18O5/c1-7(9(13)15-6)8-10(14)17-12(5,16-8)11(2,3)4/h8H,1H2,2-6H3/t8-,12+/m0/s1. The number of carbonyl (C=O) groups is 2. The SMILES string of the molecule is C=C(C(=O)OC)[C@@H]1O[C@@](C)(C(C)(C)C)OC1=O. The quantitative estimate of drug-likeness (QED) is 0.541. The number of cyclic esters (lactones) is 1. The zero-order chi connectivity index (χ0) is 13.4. The van der Waals surface area contributed by atoms with E-state index in [1.807, 2.05) is 20.8 Å². The minimum atomic E-state index is -1.09. The van der Waals surface area contributed by atoms with Gasteiger partial charge in [0.15, 0.2) is 6.10 Å². The molecule has 0 spiro atoms. The molecule has 0 radical (unpaired) electrons. The predicted molar refractivity (Wildman–Crippen MR) is 60.0 cm³/mol. The molecule has 1 saturated heterocycles. The summed E-state index contributed by atoms with van der Waals surface area (Å²) in [6, 6.07) is 0. The second-order valence-electron chi connectivity index (χ2n) is 5.13. The molecule has 5 heteroatoms. The number of carbonyl (C=O) groups excluding carboxylic acids is 2. The first kappa shape index (κ1) is 13.7. The van der Waals surface area contributed by atoms with Crippen molar-refractivity contribution >= 4 is 11.9 Å². The fourth-order valence-corrected chi connectivity index (χ4v) is 1.32. The Morgan fingerprint density at radius 1 is 1.47 bits per heavy atom. The Balaban J connectivity index is 2.92. The van der Waals surface area contributed by atoms with Gasteiger partial charge < -0.3 is 14.2 Å². The number of ether oxygens (including phenoxy) is 3. The van der Waals surface area contributed by atoms with Gasteiger partial charge in [0.1, 0.15) is 0 Å². The number of esters is 2. The maximum absolute atomic E-state index is 11.7. The van der Waals surface area contributed by atoms with Crippen LogP contribution in [0.25, 0.3) is 0 Å². The highest BCUT2D eigenvalue weighted by atomic mass is 16.8. The van der Waals surface area contributed by atoms with Crippen LogP contribution in [0.15, 0.2) is 12.2 Å². The maximum Gasteiger partial charge on any atom is 0.342 e. The molecule has 0 N–H and O–H groups in total. The summed E-state index contributed by atoms with van der Waals surface area (Å²) >= 11 is 0. The van der Waals surface area contributed by atoms with Gasteiger partial charge in [-0.3, -0.25) is 0 Å². The molecule has 1 rings (SSSR count). The lowest BCUT2D eigenvalue weighted by Crippen LogP contribution is -2.41. The second kappa shape index (κ2) is 4.14. The van der Waals surface area contributed by atoms with E-state index in [4.69, 9.17) is 9.47 Å². The van der Waals surface area contributed by atoms with Gasteiger partial charge >= 0.3 is 11.9 Å². The van der Waals surface area contributed by atoms with Gasteiger partial charge in [0.05, 0.1) is 12.7 Å². The van der Waals surface area contributed by atoms with Crippen LogP contribution in [0.3, 0.4) is 0 Å². The van der Waals surface area contributed by atoms with Gasteiger partial charge in [-0.05, 0) is 0 Å². The number of methoxy groups -OCH3 is 1. The van der Waals surface area contributed by atoms with Gasteiger partial charge in [-0.1, -0.05) is 27.4 Å². The molecule has 0 aromatic heterocycles. The highest BCUT2D eigenvalue weighted by Crippen LogP contribution is 2.41. The second-order valence-corrected chi connectivity index (χ2v) is 5.13. The smallest absolute Gasteiger partial charge is 0.342 e. The molecule has 0 amide bonds. The number of hydrogen-bond acceptors (Lipinski definition) is 5. The van der Waals surface area contributed by atoms with Gasteiger partial charge in [-0.15, -0.1) is 0 Å². The normalized spacial score (nSPS) is 28.8. The van der Waals surface area contributed by atoms with E-state index in [2.05, 4.69) is 11.3 Å². The Hall–Kier alpha value is -1.36. The average Bonchev–Trinajstić information content (AvgIpc) is 2.52. The topological polar surface area (TPSA) is 61.8 Å². The molecule has 1 aliphatic rings. The largest absolute Gasteiger partial charge is 0.466 e. The molecule has 0 saturated carbocycles. The first-order valence-corrected chi connectivity index (χ1v) is 5.30. The van der Waals surface area contributed by atoms with E-state index in [0.717, 1.165) is 0 Å². The van der Waals surface area contributed by atoms with Gasteiger partial charge in [-0.2, -0.15) is 0 Å².